The van der Waals surface area contributed by atoms with Gasteiger partial charge in [-0.05, 0) is 66.2 Å². The Balaban J connectivity index is 1.33. The van der Waals surface area contributed by atoms with Gasteiger partial charge in [-0.2, -0.15) is 0 Å². The van der Waals surface area contributed by atoms with E-state index in [2.05, 4.69) is 15.4 Å². The van der Waals surface area contributed by atoms with Crippen molar-refractivity contribution in [3.05, 3.63) is 103 Å². The van der Waals surface area contributed by atoms with Gasteiger partial charge in [-0.25, -0.2) is 23.1 Å². The van der Waals surface area contributed by atoms with Crippen LogP contribution in [0, 0.1) is 0 Å². The van der Waals surface area contributed by atoms with Gasteiger partial charge < -0.3 is 10.1 Å². The number of hydrogen-bond donors (Lipinski definition) is 2. The minimum atomic E-state index is -3.71. The van der Waals surface area contributed by atoms with Crippen LogP contribution in [0.3, 0.4) is 0 Å². The summed E-state index contributed by atoms with van der Waals surface area (Å²) in [6.45, 7) is 0.471. The van der Waals surface area contributed by atoms with E-state index in [0.717, 1.165) is 34.0 Å². The Bertz CT molecular complexity index is 1530. The molecule has 5 aromatic rings. The van der Waals surface area contributed by atoms with Crippen LogP contribution in [-0.2, 0) is 16.6 Å². The van der Waals surface area contributed by atoms with E-state index in [0.29, 0.717) is 12.4 Å². The quantitative estimate of drug-likeness (QED) is 0.363. The van der Waals surface area contributed by atoms with Gasteiger partial charge in [0.15, 0.2) is 5.65 Å². The third kappa shape index (κ3) is 4.75. The maximum Gasteiger partial charge on any atom is 0.238 e. The average molecular weight is 472 g/mol. The molecule has 9 heteroatoms. The van der Waals surface area contributed by atoms with E-state index in [1.807, 2.05) is 66.7 Å². The first-order valence-corrected chi connectivity index (χ1v) is 12.0. The lowest BCUT2D eigenvalue weighted by molar-refractivity contribution is 0.483. The summed E-state index contributed by atoms with van der Waals surface area (Å²) in [5, 5.41) is 13.1. The summed E-state index contributed by atoms with van der Waals surface area (Å²) >= 11 is 0. The van der Waals surface area contributed by atoms with Crippen molar-refractivity contribution in [2.45, 2.75) is 11.4 Å². The van der Waals surface area contributed by atoms with Crippen molar-refractivity contribution in [3.8, 4) is 22.8 Å². The number of nitrogens with one attached hydrogen (secondary N) is 1. The lowest BCUT2D eigenvalue weighted by atomic mass is 10.1. The normalized spacial score (nSPS) is 11.4. The molecule has 0 aliphatic rings. The highest BCUT2D eigenvalue weighted by Crippen LogP contribution is 2.26. The molecule has 34 heavy (non-hydrogen) atoms. The molecular weight excluding hydrogens is 450 g/mol. The van der Waals surface area contributed by atoms with Gasteiger partial charge in [-0.1, -0.05) is 30.3 Å². The fourth-order valence-electron chi connectivity index (χ4n) is 3.47. The van der Waals surface area contributed by atoms with Gasteiger partial charge in [0.2, 0.25) is 10.0 Å². The Morgan fingerprint density at radius 2 is 1.56 bits per heavy atom. The number of nitrogens with two attached hydrogens (primary N) is 1. The van der Waals surface area contributed by atoms with Crippen LogP contribution in [0.2, 0.25) is 0 Å². The predicted molar refractivity (Wildman–Crippen MR) is 130 cm³/mol. The Kier molecular flexibility index (Phi) is 5.70. The van der Waals surface area contributed by atoms with Crippen LogP contribution in [0.25, 0.3) is 16.9 Å². The first-order valence-electron chi connectivity index (χ1n) is 10.5. The van der Waals surface area contributed by atoms with Gasteiger partial charge in [-0.3, -0.25) is 0 Å². The average Bonchev–Trinajstić information content (AvgIpc) is 3.27. The molecule has 0 unspecified atom stereocenters. The standard InChI is InChI=1S/C25H21N5O3S/c26-34(31,32)22-12-6-18(7-13-22)16-27-24-14-15-25-28-17-23(30(25)29-24)19-8-10-21(11-9-19)33-20-4-2-1-3-5-20/h1-15,17H,16H2,(H,27,29)(H2,26,31,32). The molecule has 3 aromatic carbocycles. The molecule has 0 radical (unpaired) electrons. The van der Waals surface area contributed by atoms with Crippen LogP contribution in [0.15, 0.2) is 102 Å². The van der Waals surface area contributed by atoms with Crippen molar-refractivity contribution in [2.75, 3.05) is 5.32 Å². The third-order valence-electron chi connectivity index (χ3n) is 5.22. The summed E-state index contributed by atoms with van der Waals surface area (Å²) < 4.78 is 30.5. The summed E-state index contributed by atoms with van der Waals surface area (Å²) in [6.07, 6.45) is 1.78. The highest BCUT2D eigenvalue weighted by Gasteiger charge is 2.10. The number of imidazole rings is 1. The lowest BCUT2D eigenvalue weighted by Crippen LogP contribution is -2.12. The summed E-state index contributed by atoms with van der Waals surface area (Å²) in [5.41, 5.74) is 3.43. The van der Waals surface area contributed by atoms with Crippen molar-refractivity contribution >= 4 is 21.5 Å². The number of sulfonamides is 1. The second kappa shape index (κ2) is 8.97. The number of nitrogens with zero attached hydrogens (tertiary/aromatic N) is 3. The molecule has 0 saturated carbocycles. The first kappa shape index (κ1) is 21.6. The fraction of sp³-hybridized carbons (Fsp3) is 0.0400. The minimum absolute atomic E-state index is 0.0824. The van der Waals surface area contributed by atoms with Crippen molar-refractivity contribution < 1.29 is 13.2 Å². The summed E-state index contributed by atoms with van der Waals surface area (Å²) in [6, 6.07) is 27.5. The summed E-state index contributed by atoms with van der Waals surface area (Å²) in [5.74, 6) is 2.18. The molecular formula is C25H21N5O3S. The Hall–Kier alpha value is -4.21. The number of hydrogen-bond acceptors (Lipinski definition) is 6. The fourth-order valence-corrected chi connectivity index (χ4v) is 3.99. The maximum absolute atomic E-state index is 11.4. The van der Waals surface area contributed by atoms with Gasteiger partial charge in [-0.15, -0.1) is 5.10 Å². The zero-order valence-electron chi connectivity index (χ0n) is 18.0. The van der Waals surface area contributed by atoms with E-state index in [1.165, 1.54) is 12.1 Å². The van der Waals surface area contributed by atoms with E-state index in [4.69, 9.17) is 9.88 Å². The highest BCUT2D eigenvalue weighted by molar-refractivity contribution is 7.89. The maximum atomic E-state index is 11.4. The number of ether oxygens (including phenoxy) is 1. The molecule has 0 fully saturated rings. The topological polar surface area (TPSA) is 112 Å². The van der Waals surface area contributed by atoms with Crippen LogP contribution >= 0.6 is 0 Å². The van der Waals surface area contributed by atoms with E-state index >= 15 is 0 Å². The third-order valence-corrected chi connectivity index (χ3v) is 6.15. The van der Waals surface area contributed by atoms with Crippen molar-refractivity contribution in [3.63, 3.8) is 0 Å². The van der Waals surface area contributed by atoms with Gasteiger partial charge in [0, 0.05) is 12.1 Å². The largest absolute Gasteiger partial charge is 0.457 e. The molecule has 0 bridgehead atoms. The molecule has 8 nitrogen and oxygen atoms in total. The van der Waals surface area contributed by atoms with E-state index in [-0.39, 0.29) is 4.90 Å². The van der Waals surface area contributed by atoms with Crippen LogP contribution < -0.4 is 15.2 Å². The molecule has 0 spiro atoms. The number of rotatable bonds is 7. The summed E-state index contributed by atoms with van der Waals surface area (Å²) in [4.78, 5) is 4.53. The van der Waals surface area contributed by atoms with Gasteiger partial charge in [0.25, 0.3) is 0 Å². The second-order valence-corrected chi connectivity index (χ2v) is 9.18. The summed E-state index contributed by atoms with van der Waals surface area (Å²) in [7, 11) is -3.71. The Labute approximate surface area is 196 Å². The molecule has 5 rings (SSSR count). The number of fused-ring (bicyclic) bond motifs is 1. The van der Waals surface area contributed by atoms with Gasteiger partial charge in [0.1, 0.15) is 17.3 Å². The van der Waals surface area contributed by atoms with Gasteiger partial charge in [0.05, 0.1) is 16.8 Å². The number of anilines is 1. The molecule has 0 aliphatic carbocycles. The number of para-hydroxylation sites is 1. The van der Waals surface area contributed by atoms with Crippen LogP contribution in [0.4, 0.5) is 5.82 Å². The van der Waals surface area contributed by atoms with Gasteiger partial charge >= 0.3 is 0 Å². The SMILES string of the molecule is NS(=O)(=O)c1ccc(CNc2ccc3ncc(-c4ccc(Oc5ccccc5)cc4)n3n2)cc1. The molecule has 0 saturated heterocycles. The highest BCUT2D eigenvalue weighted by atomic mass is 32.2. The van der Waals surface area contributed by atoms with E-state index in [9.17, 15) is 8.42 Å². The van der Waals surface area contributed by atoms with Crippen LogP contribution in [-0.4, -0.2) is 23.0 Å². The molecule has 170 valence electrons. The van der Waals surface area contributed by atoms with Crippen molar-refractivity contribution in [1.82, 2.24) is 14.6 Å². The van der Waals surface area contributed by atoms with Crippen LogP contribution in [0.5, 0.6) is 11.5 Å². The molecule has 0 amide bonds. The Morgan fingerprint density at radius 1 is 0.853 bits per heavy atom. The molecule has 2 heterocycles. The zero-order valence-corrected chi connectivity index (χ0v) is 18.8. The predicted octanol–water partition coefficient (Wildman–Crippen LogP) is 4.45. The zero-order chi connectivity index (χ0) is 23.5. The Morgan fingerprint density at radius 3 is 2.26 bits per heavy atom. The first-order chi connectivity index (χ1) is 16.5. The minimum Gasteiger partial charge on any atom is -0.457 e. The van der Waals surface area contributed by atoms with E-state index < -0.39 is 10.0 Å². The van der Waals surface area contributed by atoms with Crippen molar-refractivity contribution in [1.29, 1.82) is 0 Å². The molecule has 0 atom stereocenters. The number of benzene rings is 3. The number of aromatic nitrogens is 3. The number of primary sulfonamides is 1. The molecule has 2 aromatic heterocycles. The lowest BCUT2D eigenvalue weighted by Gasteiger charge is -2.09. The molecule has 0 aliphatic heterocycles. The monoisotopic (exact) mass is 471 g/mol. The smallest absolute Gasteiger partial charge is 0.238 e. The van der Waals surface area contributed by atoms with Crippen LogP contribution in [0.1, 0.15) is 5.56 Å². The van der Waals surface area contributed by atoms with Crippen molar-refractivity contribution in [2.24, 2.45) is 5.14 Å². The second-order valence-electron chi connectivity index (χ2n) is 7.61. The van der Waals surface area contributed by atoms with E-state index in [1.54, 1.807) is 22.8 Å². The molecule has 3 N–H and O–H groups in total.